The number of hydrogen-bond donors (Lipinski definition) is 3. The number of aliphatic hydroxyl groups excluding tert-OH is 1. The van der Waals surface area contributed by atoms with Crippen molar-refractivity contribution >= 4 is 5.82 Å². The Morgan fingerprint density at radius 2 is 2.06 bits per heavy atom. The molecule has 2 atom stereocenters. The molecular formula is C9H17N5O3. The maximum absolute atomic E-state index is 11.6. The highest BCUT2D eigenvalue weighted by Gasteiger charge is 2.12. The first-order valence-corrected chi connectivity index (χ1v) is 5.16. The Labute approximate surface area is 97.7 Å². The first-order chi connectivity index (χ1) is 7.84. The van der Waals surface area contributed by atoms with Crippen molar-refractivity contribution in [2.75, 3.05) is 11.9 Å². The molecule has 0 spiro atoms. The molecule has 0 aliphatic carbocycles. The minimum Gasteiger partial charge on any atom is -0.392 e. The van der Waals surface area contributed by atoms with Crippen molar-refractivity contribution in [3.8, 4) is 0 Å². The van der Waals surface area contributed by atoms with Crippen LogP contribution in [-0.4, -0.2) is 38.1 Å². The zero-order valence-corrected chi connectivity index (χ0v) is 10.0. The molecule has 0 radical (unpaired) electrons. The molecule has 0 bridgehead atoms. The van der Waals surface area contributed by atoms with Crippen LogP contribution in [0.1, 0.15) is 6.92 Å². The Kier molecular flexibility index (Phi) is 4.02. The standard InChI is InChI=1S/C9H17N5O3/c1-5(15)6(10)4-11-7-8(16)13(2)9(17)14(3)12-7/h5-6,15H,4,10H2,1-3H3,(H,11,12). The second-order valence-corrected chi connectivity index (χ2v) is 3.90. The Morgan fingerprint density at radius 1 is 1.47 bits per heavy atom. The highest BCUT2D eigenvalue weighted by atomic mass is 16.3. The van der Waals surface area contributed by atoms with Crippen molar-refractivity contribution in [1.29, 1.82) is 0 Å². The van der Waals surface area contributed by atoms with Crippen LogP contribution in [0, 0.1) is 0 Å². The molecule has 0 aliphatic rings. The van der Waals surface area contributed by atoms with E-state index in [9.17, 15) is 14.7 Å². The number of nitrogens with one attached hydrogen (secondary N) is 1. The van der Waals surface area contributed by atoms with Crippen molar-refractivity contribution in [3.63, 3.8) is 0 Å². The van der Waals surface area contributed by atoms with Crippen LogP contribution in [-0.2, 0) is 14.1 Å². The van der Waals surface area contributed by atoms with E-state index in [1.165, 1.54) is 14.1 Å². The molecule has 2 unspecified atom stereocenters. The van der Waals surface area contributed by atoms with Gasteiger partial charge in [-0.05, 0) is 6.92 Å². The number of aromatic nitrogens is 3. The Balaban J connectivity index is 2.94. The molecule has 0 aliphatic heterocycles. The second kappa shape index (κ2) is 5.11. The van der Waals surface area contributed by atoms with Gasteiger partial charge in [-0.2, -0.15) is 0 Å². The quantitative estimate of drug-likeness (QED) is 0.543. The van der Waals surface area contributed by atoms with E-state index in [0.717, 1.165) is 9.25 Å². The third-order valence-corrected chi connectivity index (χ3v) is 2.45. The van der Waals surface area contributed by atoms with Crippen molar-refractivity contribution in [1.82, 2.24) is 14.3 Å². The van der Waals surface area contributed by atoms with Gasteiger partial charge >= 0.3 is 5.69 Å². The number of aryl methyl sites for hydroxylation is 1. The van der Waals surface area contributed by atoms with Crippen LogP contribution in [0.4, 0.5) is 5.82 Å². The molecule has 1 aromatic heterocycles. The van der Waals surface area contributed by atoms with Crippen LogP contribution in [0.25, 0.3) is 0 Å². The topological polar surface area (TPSA) is 115 Å². The first-order valence-electron chi connectivity index (χ1n) is 5.16. The molecule has 1 heterocycles. The summed E-state index contributed by atoms with van der Waals surface area (Å²) in [5, 5.41) is 15.7. The van der Waals surface area contributed by atoms with Gasteiger partial charge in [-0.15, -0.1) is 5.10 Å². The monoisotopic (exact) mass is 243 g/mol. The van der Waals surface area contributed by atoms with Crippen LogP contribution in [0.5, 0.6) is 0 Å². The van der Waals surface area contributed by atoms with Crippen LogP contribution in [0.2, 0.25) is 0 Å². The fraction of sp³-hybridized carbons (Fsp3) is 0.667. The summed E-state index contributed by atoms with van der Waals surface area (Å²) < 4.78 is 2.00. The van der Waals surface area contributed by atoms with E-state index in [1.807, 2.05) is 0 Å². The van der Waals surface area contributed by atoms with Crippen LogP contribution >= 0.6 is 0 Å². The molecule has 96 valence electrons. The molecular weight excluding hydrogens is 226 g/mol. The molecule has 1 rings (SSSR count). The minimum atomic E-state index is -0.695. The summed E-state index contributed by atoms with van der Waals surface area (Å²) in [4.78, 5) is 23.0. The molecule has 0 saturated carbocycles. The molecule has 1 aromatic rings. The smallest absolute Gasteiger partial charge is 0.346 e. The number of rotatable bonds is 4. The van der Waals surface area contributed by atoms with Gasteiger partial charge in [0.25, 0.3) is 5.56 Å². The van der Waals surface area contributed by atoms with Crippen molar-refractivity contribution < 1.29 is 5.11 Å². The average molecular weight is 243 g/mol. The van der Waals surface area contributed by atoms with Gasteiger partial charge in [-0.3, -0.25) is 9.36 Å². The van der Waals surface area contributed by atoms with Gasteiger partial charge in [0.15, 0.2) is 0 Å². The predicted molar refractivity (Wildman–Crippen MR) is 62.9 cm³/mol. The van der Waals surface area contributed by atoms with Gasteiger partial charge in [0.05, 0.1) is 6.10 Å². The summed E-state index contributed by atoms with van der Waals surface area (Å²) in [6.07, 6.45) is -0.695. The number of nitrogens with zero attached hydrogens (tertiary/aromatic N) is 3. The Morgan fingerprint density at radius 3 is 2.59 bits per heavy atom. The zero-order valence-electron chi connectivity index (χ0n) is 10.0. The van der Waals surface area contributed by atoms with Crippen molar-refractivity contribution in [2.24, 2.45) is 19.8 Å². The van der Waals surface area contributed by atoms with E-state index in [1.54, 1.807) is 6.92 Å². The van der Waals surface area contributed by atoms with Crippen LogP contribution in [0.15, 0.2) is 9.59 Å². The van der Waals surface area contributed by atoms with E-state index in [0.29, 0.717) is 0 Å². The normalized spacial score (nSPS) is 14.4. The second-order valence-electron chi connectivity index (χ2n) is 3.90. The fourth-order valence-electron chi connectivity index (χ4n) is 1.19. The van der Waals surface area contributed by atoms with Crippen LogP contribution < -0.4 is 22.3 Å². The summed E-state index contributed by atoms with van der Waals surface area (Å²) in [5.41, 5.74) is 4.58. The number of anilines is 1. The van der Waals surface area contributed by atoms with Crippen LogP contribution in [0.3, 0.4) is 0 Å². The summed E-state index contributed by atoms with van der Waals surface area (Å²) in [6.45, 7) is 1.75. The number of nitrogens with two attached hydrogens (primary N) is 1. The summed E-state index contributed by atoms with van der Waals surface area (Å²) in [5.74, 6) is 0.0331. The first kappa shape index (κ1) is 13.4. The molecule has 8 heteroatoms. The Hall–Kier alpha value is -1.67. The molecule has 0 saturated heterocycles. The largest absolute Gasteiger partial charge is 0.392 e. The molecule has 8 nitrogen and oxygen atoms in total. The lowest BCUT2D eigenvalue weighted by Crippen LogP contribution is -2.43. The third kappa shape index (κ3) is 2.92. The van der Waals surface area contributed by atoms with E-state index >= 15 is 0 Å². The fourth-order valence-corrected chi connectivity index (χ4v) is 1.19. The van der Waals surface area contributed by atoms with Gasteiger partial charge in [-0.1, -0.05) is 0 Å². The molecule has 4 N–H and O–H groups in total. The molecule has 17 heavy (non-hydrogen) atoms. The van der Waals surface area contributed by atoms with Gasteiger partial charge in [0, 0.05) is 26.7 Å². The van der Waals surface area contributed by atoms with E-state index in [4.69, 9.17) is 5.73 Å². The lowest BCUT2D eigenvalue weighted by molar-refractivity contribution is 0.168. The third-order valence-electron chi connectivity index (χ3n) is 2.45. The lowest BCUT2D eigenvalue weighted by Gasteiger charge is -2.15. The molecule has 0 fully saturated rings. The highest BCUT2D eigenvalue weighted by Crippen LogP contribution is 1.93. The maximum atomic E-state index is 11.6. The highest BCUT2D eigenvalue weighted by molar-refractivity contribution is 5.29. The van der Waals surface area contributed by atoms with Gasteiger partial charge in [-0.25, -0.2) is 9.48 Å². The number of hydrogen-bond acceptors (Lipinski definition) is 6. The Bertz CT molecular complexity index is 504. The maximum Gasteiger partial charge on any atom is 0.346 e. The summed E-state index contributed by atoms with van der Waals surface area (Å²) in [6, 6.07) is -0.515. The van der Waals surface area contributed by atoms with Gasteiger partial charge in [0.2, 0.25) is 5.82 Å². The van der Waals surface area contributed by atoms with E-state index < -0.39 is 23.4 Å². The average Bonchev–Trinajstić information content (AvgIpc) is 2.28. The lowest BCUT2D eigenvalue weighted by atomic mass is 10.2. The molecule has 0 aromatic carbocycles. The molecule has 0 amide bonds. The van der Waals surface area contributed by atoms with E-state index in [-0.39, 0.29) is 12.4 Å². The van der Waals surface area contributed by atoms with Gasteiger partial charge in [0.1, 0.15) is 0 Å². The predicted octanol–water partition coefficient (Wildman–Crippen LogP) is -2.40. The summed E-state index contributed by atoms with van der Waals surface area (Å²) in [7, 11) is 2.81. The van der Waals surface area contributed by atoms with Crippen molar-refractivity contribution in [2.45, 2.75) is 19.1 Å². The zero-order chi connectivity index (χ0) is 13.2. The minimum absolute atomic E-state index is 0.0331. The van der Waals surface area contributed by atoms with E-state index in [2.05, 4.69) is 10.4 Å². The number of aliphatic hydroxyl groups is 1. The summed E-state index contributed by atoms with van der Waals surface area (Å²) >= 11 is 0. The van der Waals surface area contributed by atoms with Crippen molar-refractivity contribution in [3.05, 3.63) is 20.8 Å². The SMILES string of the molecule is CC(O)C(N)CNc1nn(C)c(=O)n(C)c1=O. The van der Waals surface area contributed by atoms with Gasteiger partial charge < -0.3 is 16.2 Å².